The summed E-state index contributed by atoms with van der Waals surface area (Å²) in [6, 6.07) is 4.46. The Labute approximate surface area is 198 Å². The van der Waals surface area contributed by atoms with Crippen molar-refractivity contribution in [3.63, 3.8) is 0 Å². The number of hydrogen-bond acceptors (Lipinski definition) is 3. The van der Waals surface area contributed by atoms with E-state index in [1.165, 1.54) is 41.5 Å². The first-order chi connectivity index (χ1) is 15.4. The number of nitrogens with zero attached hydrogens (tertiary/aromatic N) is 2. The van der Waals surface area contributed by atoms with E-state index in [0.29, 0.717) is 6.42 Å². The van der Waals surface area contributed by atoms with Gasteiger partial charge in [0.05, 0.1) is 0 Å². The molecule has 1 fully saturated rings. The molecule has 0 N–H and O–H groups in total. The summed E-state index contributed by atoms with van der Waals surface area (Å²) in [5.41, 5.74) is 6.25. The van der Waals surface area contributed by atoms with Crippen LogP contribution in [0.5, 0.6) is 0 Å². The Bertz CT molecular complexity index is 954. The van der Waals surface area contributed by atoms with Gasteiger partial charge in [-0.3, -0.25) is 0 Å². The Hall–Kier alpha value is -2.44. The number of benzene rings is 1. The second kappa shape index (κ2) is 12.6. The average Bonchev–Trinajstić information content (AvgIpc) is 2.73. The molecule has 0 unspecified atom stereocenters. The molecule has 4 heteroatoms. The van der Waals surface area contributed by atoms with Crippen molar-refractivity contribution >= 4 is 17.4 Å². The van der Waals surface area contributed by atoms with Crippen LogP contribution < -0.4 is 4.90 Å². The molecular weight excluding hydrogens is 415 g/mol. The minimum atomic E-state index is -0.307. The van der Waals surface area contributed by atoms with Crippen molar-refractivity contribution in [3.8, 4) is 12.3 Å². The molecule has 32 heavy (non-hydrogen) atoms. The summed E-state index contributed by atoms with van der Waals surface area (Å²) in [5, 5.41) is 0. The summed E-state index contributed by atoms with van der Waals surface area (Å²) in [4.78, 5) is 6.02. The van der Waals surface area contributed by atoms with Gasteiger partial charge in [0.25, 0.3) is 0 Å². The number of hydrogen-bond donors (Lipinski definition) is 0. The quantitative estimate of drug-likeness (QED) is 0.165. The molecule has 0 aliphatic heterocycles. The number of halogens is 1. The van der Waals surface area contributed by atoms with E-state index in [0.717, 1.165) is 18.7 Å². The molecular formula is C28H35FN2S. The smallest absolute Gasteiger partial charge is 0.127 e. The zero-order chi connectivity index (χ0) is 23.6. The largest absolute Gasteiger partial charge is 0.366 e. The Morgan fingerprint density at radius 3 is 2.62 bits per heavy atom. The monoisotopic (exact) mass is 450 g/mol. The van der Waals surface area contributed by atoms with E-state index in [9.17, 15) is 4.39 Å². The summed E-state index contributed by atoms with van der Waals surface area (Å²) < 4.78 is 13.8. The van der Waals surface area contributed by atoms with Crippen molar-refractivity contribution in [1.82, 2.24) is 4.90 Å². The van der Waals surface area contributed by atoms with Gasteiger partial charge < -0.3 is 9.80 Å². The SMILES string of the molecule is C#C/C=C\C=C/CN(CC1(N(C)C)CCC1)c1cc(SC)c(C/C=C(\F)C=C=C)cc1C. The number of terminal acetylenes is 1. The van der Waals surface area contributed by atoms with Crippen LogP contribution in [0.25, 0.3) is 0 Å². The first-order valence-electron chi connectivity index (χ1n) is 11.0. The zero-order valence-corrected chi connectivity index (χ0v) is 20.6. The molecule has 2 nitrogen and oxygen atoms in total. The maximum Gasteiger partial charge on any atom is 0.127 e. The lowest BCUT2D eigenvalue weighted by atomic mass is 9.75. The van der Waals surface area contributed by atoms with E-state index >= 15 is 0 Å². The third-order valence-electron chi connectivity index (χ3n) is 6.18. The van der Waals surface area contributed by atoms with E-state index in [-0.39, 0.29) is 11.4 Å². The highest BCUT2D eigenvalue weighted by Gasteiger charge is 2.40. The number of thioether (sulfide) groups is 1. The van der Waals surface area contributed by atoms with Gasteiger partial charge in [0, 0.05) is 35.3 Å². The van der Waals surface area contributed by atoms with Crippen LogP contribution in [-0.4, -0.2) is 43.9 Å². The van der Waals surface area contributed by atoms with Crippen molar-refractivity contribution in [1.29, 1.82) is 0 Å². The van der Waals surface area contributed by atoms with Crippen LogP contribution in [0, 0.1) is 19.3 Å². The molecule has 1 aromatic rings. The van der Waals surface area contributed by atoms with Gasteiger partial charge in [-0.1, -0.05) is 36.8 Å². The summed E-state index contributed by atoms with van der Waals surface area (Å²) in [5.74, 6) is 2.21. The van der Waals surface area contributed by atoms with Crippen LogP contribution in [0.2, 0.25) is 0 Å². The fourth-order valence-electron chi connectivity index (χ4n) is 4.10. The Balaban J connectivity index is 2.39. The molecule has 1 saturated carbocycles. The first kappa shape index (κ1) is 25.8. The number of likely N-dealkylation sites (N-methyl/N-ethyl adjacent to an activating group) is 1. The third-order valence-corrected chi connectivity index (χ3v) is 7.00. The molecule has 0 atom stereocenters. The van der Waals surface area contributed by atoms with Gasteiger partial charge in [-0.25, -0.2) is 4.39 Å². The molecule has 0 saturated heterocycles. The van der Waals surface area contributed by atoms with Gasteiger partial charge in [0.2, 0.25) is 0 Å². The fourth-order valence-corrected chi connectivity index (χ4v) is 4.74. The third kappa shape index (κ3) is 6.78. The topological polar surface area (TPSA) is 6.48 Å². The average molecular weight is 451 g/mol. The lowest BCUT2D eigenvalue weighted by Gasteiger charge is -2.50. The summed E-state index contributed by atoms with van der Waals surface area (Å²) >= 11 is 1.70. The van der Waals surface area contributed by atoms with Crippen molar-refractivity contribution in [2.24, 2.45) is 0 Å². The normalized spacial score (nSPS) is 15.6. The molecule has 0 spiro atoms. The minimum absolute atomic E-state index is 0.204. The lowest BCUT2D eigenvalue weighted by molar-refractivity contribution is 0.0676. The number of aryl methyl sites for hydroxylation is 1. The molecule has 170 valence electrons. The second-order valence-electron chi connectivity index (χ2n) is 8.40. The maximum atomic E-state index is 13.8. The van der Waals surface area contributed by atoms with Crippen molar-refractivity contribution in [3.05, 3.63) is 77.9 Å². The molecule has 0 bridgehead atoms. The van der Waals surface area contributed by atoms with Crippen molar-refractivity contribution in [2.45, 2.75) is 43.0 Å². The van der Waals surface area contributed by atoms with Gasteiger partial charge in [-0.05, 0) is 82.3 Å². The van der Waals surface area contributed by atoms with Gasteiger partial charge >= 0.3 is 0 Å². The predicted molar refractivity (Wildman–Crippen MR) is 139 cm³/mol. The Morgan fingerprint density at radius 1 is 1.31 bits per heavy atom. The Kier molecular flexibility index (Phi) is 10.1. The van der Waals surface area contributed by atoms with Crippen LogP contribution in [0.3, 0.4) is 0 Å². The summed E-state index contributed by atoms with van der Waals surface area (Å²) in [6.45, 7) is 7.35. The molecule has 0 radical (unpaired) electrons. The van der Waals surface area contributed by atoms with Crippen LogP contribution in [-0.2, 0) is 6.42 Å². The van der Waals surface area contributed by atoms with E-state index in [1.807, 2.05) is 12.2 Å². The van der Waals surface area contributed by atoms with E-state index in [2.05, 4.69) is 73.5 Å². The van der Waals surface area contributed by atoms with E-state index in [1.54, 1.807) is 23.9 Å². The molecule has 2 rings (SSSR count). The molecule has 1 aliphatic carbocycles. The molecule has 0 heterocycles. The molecule has 0 aromatic heterocycles. The van der Waals surface area contributed by atoms with Gasteiger partial charge in [0.1, 0.15) is 5.83 Å². The van der Waals surface area contributed by atoms with E-state index < -0.39 is 0 Å². The van der Waals surface area contributed by atoms with Crippen LogP contribution in [0.15, 0.2) is 71.6 Å². The molecule has 1 aromatic carbocycles. The lowest BCUT2D eigenvalue weighted by Crippen LogP contribution is -2.57. The van der Waals surface area contributed by atoms with Gasteiger partial charge in [0.15, 0.2) is 0 Å². The summed E-state index contributed by atoms with van der Waals surface area (Å²) in [6.07, 6.45) is 22.2. The van der Waals surface area contributed by atoms with Crippen LogP contribution in [0.4, 0.5) is 10.1 Å². The van der Waals surface area contributed by atoms with Crippen LogP contribution >= 0.6 is 11.8 Å². The standard InChI is InChI=1S/C28H35FN2S/c1-7-9-10-11-12-19-31(22-28(30(4)5)17-13-18-28)26-21-27(32-6)24(20-23(26)3)15-16-25(29)14-8-2/h1,9-12,14,16,20-21H,2,13,15,17-19,22H2,3-6H3/b10-9-,12-11-,25-16-. The van der Waals surface area contributed by atoms with Gasteiger partial charge in [-0.15, -0.1) is 23.9 Å². The number of anilines is 1. The van der Waals surface area contributed by atoms with E-state index in [4.69, 9.17) is 6.42 Å². The summed E-state index contributed by atoms with van der Waals surface area (Å²) in [7, 11) is 4.37. The number of rotatable bonds is 11. The van der Waals surface area contributed by atoms with Crippen molar-refractivity contribution < 1.29 is 4.39 Å². The highest BCUT2D eigenvalue weighted by molar-refractivity contribution is 7.98. The fraction of sp³-hybridized carbons (Fsp3) is 0.393. The maximum absolute atomic E-state index is 13.8. The predicted octanol–water partition coefficient (Wildman–Crippen LogP) is 6.49. The molecule has 0 amide bonds. The van der Waals surface area contributed by atoms with Crippen molar-refractivity contribution in [2.75, 3.05) is 38.3 Å². The van der Waals surface area contributed by atoms with Gasteiger partial charge in [-0.2, -0.15) is 0 Å². The first-order valence-corrected chi connectivity index (χ1v) is 12.2. The molecule has 1 aliphatic rings. The zero-order valence-electron chi connectivity index (χ0n) is 19.8. The highest BCUT2D eigenvalue weighted by Crippen LogP contribution is 2.39. The van der Waals surface area contributed by atoms with Crippen LogP contribution in [0.1, 0.15) is 30.4 Å². The number of allylic oxidation sites excluding steroid dienone is 6. The second-order valence-corrected chi connectivity index (χ2v) is 9.25. The Morgan fingerprint density at radius 2 is 2.06 bits per heavy atom. The minimum Gasteiger partial charge on any atom is -0.366 e. The highest BCUT2D eigenvalue weighted by atomic mass is 32.2.